The number of hydrogen-bond donors (Lipinski definition) is 3. The highest BCUT2D eigenvalue weighted by atomic mass is 32.2. The van der Waals surface area contributed by atoms with Gasteiger partial charge in [-0.15, -0.1) is 0 Å². The molecule has 10 heteroatoms. The molecule has 0 fully saturated rings. The molecule has 0 unspecified atom stereocenters. The zero-order valence-corrected chi connectivity index (χ0v) is 16.7. The molecule has 0 saturated heterocycles. The van der Waals surface area contributed by atoms with E-state index < -0.39 is 15.9 Å². The number of benzene rings is 2. The first-order chi connectivity index (χ1) is 14.3. The number of sulfonamides is 1. The summed E-state index contributed by atoms with van der Waals surface area (Å²) in [6.45, 7) is 0.113. The Balaban J connectivity index is 1.42. The van der Waals surface area contributed by atoms with Crippen molar-refractivity contribution in [2.24, 2.45) is 5.14 Å². The maximum atomic E-state index is 12.1. The van der Waals surface area contributed by atoms with Crippen LogP contribution in [0.4, 0.5) is 0 Å². The van der Waals surface area contributed by atoms with E-state index in [9.17, 15) is 18.0 Å². The highest BCUT2D eigenvalue weighted by Gasteiger charge is 2.14. The van der Waals surface area contributed by atoms with Gasteiger partial charge in [-0.2, -0.15) is 0 Å². The van der Waals surface area contributed by atoms with Gasteiger partial charge >= 0.3 is 0 Å². The molecule has 30 heavy (non-hydrogen) atoms. The van der Waals surface area contributed by atoms with Crippen LogP contribution in [-0.4, -0.2) is 38.5 Å². The van der Waals surface area contributed by atoms with Crippen molar-refractivity contribution in [1.29, 1.82) is 0 Å². The third-order valence-corrected chi connectivity index (χ3v) is 5.13. The van der Waals surface area contributed by atoms with E-state index >= 15 is 0 Å². The molecule has 2 amide bonds. The minimum atomic E-state index is -3.73. The first-order valence-electron chi connectivity index (χ1n) is 9.02. The molecular formula is C20H20N4O5S. The van der Waals surface area contributed by atoms with Crippen LogP contribution in [0.15, 0.2) is 70.1 Å². The molecule has 0 aliphatic heterocycles. The van der Waals surface area contributed by atoms with Crippen molar-refractivity contribution < 1.29 is 22.5 Å². The van der Waals surface area contributed by atoms with Crippen LogP contribution in [0.3, 0.4) is 0 Å². The maximum Gasteiger partial charge on any atom is 0.273 e. The van der Waals surface area contributed by atoms with Gasteiger partial charge in [0.1, 0.15) is 0 Å². The number of primary sulfonamides is 1. The van der Waals surface area contributed by atoms with Crippen molar-refractivity contribution in [3.05, 3.63) is 71.9 Å². The quantitative estimate of drug-likeness (QED) is 0.490. The summed E-state index contributed by atoms with van der Waals surface area (Å²) in [4.78, 5) is 24.1. The number of nitrogens with zero attached hydrogens (tertiary/aromatic N) is 1. The molecule has 0 aliphatic carbocycles. The zero-order chi connectivity index (χ0) is 21.6. The Morgan fingerprint density at radius 1 is 1.00 bits per heavy atom. The molecule has 1 heterocycles. The van der Waals surface area contributed by atoms with Crippen LogP contribution < -0.4 is 15.8 Å². The third kappa shape index (κ3) is 5.75. The maximum absolute atomic E-state index is 12.1. The first kappa shape index (κ1) is 21.2. The van der Waals surface area contributed by atoms with E-state index in [1.54, 1.807) is 12.1 Å². The average molecular weight is 428 g/mol. The predicted molar refractivity (Wildman–Crippen MR) is 109 cm³/mol. The average Bonchev–Trinajstić information content (AvgIpc) is 3.23. The van der Waals surface area contributed by atoms with Crippen LogP contribution in [0.2, 0.25) is 0 Å². The second-order valence-corrected chi connectivity index (χ2v) is 7.98. The number of nitrogens with one attached hydrogen (secondary N) is 2. The molecule has 9 nitrogen and oxygen atoms in total. The molecule has 0 saturated carbocycles. The van der Waals surface area contributed by atoms with Crippen LogP contribution >= 0.6 is 0 Å². The third-order valence-electron chi connectivity index (χ3n) is 4.20. The van der Waals surface area contributed by atoms with E-state index in [1.807, 2.05) is 30.3 Å². The van der Waals surface area contributed by atoms with Crippen molar-refractivity contribution in [1.82, 2.24) is 15.8 Å². The summed E-state index contributed by atoms with van der Waals surface area (Å²) in [7, 11) is -3.73. The van der Waals surface area contributed by atoms with Gasteiger partial charge in [-0.1, -0.05) is 47.6 Å². The van der Waals surface area contributed by atoms with Gasteiger partial charge < -0.3 is 15.2 Å². The number of carbonyl (C=O) groups excluding carboxylic acids is 2. The monoisotopic (exact) mass is 428 g/mol. The first-order valence-corrected chi connectivity index (χ1v) is 10.6. The summed E-state index contributed by atoms with van der Waals surface area (Å²) >= 11 is 0. The fraction of sp³-hybridized carbons (Fsp3) is 0.150. The molecule has 0 spiro atoms. The standard InChI is InChI=1S/C20H20N4O5S/c21-30(27,28)16-8-6-14(7-9-16)10-11-22-19(25)13-23-20(26)17-12-18(29-24-17)15-4-2-1-3-5-15/h1-9,12H,10-11,13H2,(H,22,25)(H,23,26)(H2,21,27,28). The van der Waals surface area contributed by atoms with E-state index in [0.29, 0.717) is 18.7 Å². The summed E-state index contributed by atoms with van der Waals surface area (Å²) in [5.74, 6) is -0.426. The Bertz CT molecular complexity index is 1130. The Kier molecular flexibility index (Phi) is 6.60. The highest BCUT2D eigenvalue weighted by Crippen LogP contribution is 2.19. The van der Waals surface area contributed by atoms with Crippen LogP contribution in [0, 0.1) is 0 Å². The number of amides is 2. The molecule has 1 aromatic heterocycles. The lowest BCUT2D eigenvalue weighted by molar-refractivity contribution is -0.120. The molecule has 0 bridgehead atoms. The van der Waals surface area contributed by atoms with Gasteiger partial charge in [-0.05, 0) is 24.1 Å². The molecule has 2 aromatic carbocycles. The molecule has 3 aromatic rings. The van der Waals surface area contributed by atoms with E-state index in [-0.39, 0.29) is 23.0 Å². The second-order valence-electron chi connectivity index (χ2n) is 6.41. The summed E-state index contributed by atoms with van der Waals surface area (Å²) in [5.41, 5.74) is 1.71. The number of nitrogens with two attached hydrogens (primary N) is 1. The minimum Gasteiger partial charge on any atom is -0.355 e. The Morgan fingerprint density at radius 2 is 1.70 bits per heavy atom. The van der Waals surface area contributed by atoms with Gasteiger partial charge in [0.2, 0.25) is 15.9 Å². The van der Waals surface area contributed by atoms with Crippen molar-refractivity contribution in [2.75, 3.05) is 13.1 Å². The fourth-order valence-electron chi connectivity index (χ4n) is 2.63. The summed E-state index contributed by atoms with van der Waals surface area (Å²) < 4.78 is 27.6. The molecule has 156 valence electrons. The largest absolute Gasteiger partial charge is 0.355 e. The lowest BCUT2D eigenvalue weighted by atomic mass is 10.1. The Hall–Kier alpha value is -3.50. The van der Waals surface area contributed by atoms with Crippen molar-refractivity contribution >= 4 is 21.8 Å². The molecular weight excluding hydrogens is 408 g/mol. The second kappa shape index (κ2) is 9.33. The predicted octanol–water partition coefficient (Wildman–Crippen LogP) is 1.08. The lowest BCUT2D eigenvalue weighted by Gasteiger charge is -2.06. The van der Waals surface area contributed by atoms with Crippen LogP contribution in [-0.2, 0) is 21.2 Å². The van der Waals surface area contributed by atoms with Crippen LogP contribution in [0.25, 0.3) is 11.3 Å². The smallest absolute Gasteiger partial charge is 0.273 e. The number of carbonyl (C=O) groups is 2. The van der Waals surface area contributed by atoms with Gasteiger partial charge in [0.25, 0.3) is 5.91 Å². The SMILES string of the molecule is NS(=O)(=O)c1ccc(CCNC(=O)CNC(=O)c2cc(-c3ccccc3)on2)cc1. The Labute approximate surface area is 173 Å². The van der Waals surface area contributed by atoms with Gasteiger partial charge in [0.15, 0.2) is 11.5 Å². The van der Waals surface area contributed by atoms with Gasteiger partial charge in [0, 0.05) is 18.2 Å². The molecule has 3 rings (SSSR count). The van der Waals surface area contributed by atoms with Gasteiger partial charge in [-0.3, -0.25) is 9.59 Å². The van der Waals surface area contributed by atoms with E-state index in [2.05, 4.69) is 15.8 Å². The normalized spacial score (nSPS) is 11.1. The summed E-state index contributed by atoms with van der Waals surface area (Å²) in [6, 6.07) is 16.8. The van der Waals surface area contributed by atoms with Gasteiger partial charge in [0.05, 0.1) is 11.4 Å². The van der Waals surface area contributed by atoms with Crippen LogP contribution in [0.1, 0.15) is 16.1 Å². The number of hydrogen-bond acceptors (Lipinski definition) is 6. The fourth-order valence-corrected chi connectivity index (χ4v) is 3.14. The molecule has 0 radical (unpaired) electrons. The van der Waals surface area contributed by atoms with E-state index in [1.165, 1.54) is 18.2 Å². The molecule has 0 aliphatic rings. The minimum absolute atomic E-state index is 0.0290. The summed E-state index contributed by atoms with van der Waals surface area (Å²) in [6.07, 6.45) is 0.494. The van der Waals surface area contributed by atoms with Crippen molar-refractivity contribution in [3.8, 4) is 11.3 Å². The number of rotatable bonds is 8. The number of aromatic nitrogens is 1. The molecule has 0 atom stereocenters. The van der Waals surface area contributed by atoms with E-state index in [4.69, 9.17) is 9.66 Å². The lowest BCUT2D eigenvalue weighted by Crippen LogP contribution is -2.37. The topological polar surface area (TPSA) is 144 Å². The summed E-state index contributed by atoms with van der Waals surface area (Å²) in [5, 5.41) is 13.9. The van der Waals surface area contributed by atoms with Crippen LogP contribution in [0.5, 0.6) is 0 Å². The van der Waals surface area contributed by atoms with Crippen molar-refractivity contribution in [2.45, 2.75) is 11.3 Å². The van der Waals surface area contributed by atoms with Gasteiger partial charge in [-0.25, -0.2) is 13.6 Å². The zero-order valence-electron chi connectivity index (χ0n) is 15.9. The molecule has 4 N–H and O–H groups in total. The van der Waals surface area contributed by atoms with E-state index in [0.717, 1.165) is 11.1 Å². The van der Waals surface area contributed by atoms with Crippen molar-refractivity contribution in [3.63, 3.8) is 0 Å². The highest BCUT2D eigenvalue weighted by molar-refractivity contribution is 7.89. The Morgan fingerprint density at radius 3 is 2.37 bits per heavy atom.